The number of ether oxygens (including phenoxy) is 1. The molecule has 1 aromatic heterocycles. The topological polar surface area (TPSA) is 34.4 Å². The predicted octanol–water partition coefficient (Wildman–Crippen LogP) is 2.72. The van der Waals surface area contributed by atoms with Crippen molar-refractivity contribution in [3.8, 4) is 0 Å². The van der Waals surface area contributed by atoms with Gasteiger partial charge in [-0.05, 0) is 31.4 Å². The van der Waals surface area contributed by atoms with E-state index in [2.05, 4.69) is 12.2 Å². The minimum absolute atomic E-state index is 0.315. The molecule has 0 amide bonds. The van der Waals surface area contributed by atoms with E-state index in [-0.39, 0.29) is 0 Å². The minimum atomic E-state index is 0.315. The SMILES string of the molecule is CCCC(CNC1CC1)OCc1ccco1. The summed E-state index contributed by atoms with van der Waals surface area (Å²) >= 11 is 0. The van der Waals surface area contributed by atoms with Gasteiger partial charge in [-0.3, -0.25) is 0 Å². The summed E-state index contributed by atoms with van der Waals surface area (Å²) in [5.41, 5.74) is 0. The first-order valence-corrected chi connectivity index (χ1v) is 6.26. The Bertz CT molecular complexity index is 280. The zero-order chi connectivity index (χ0) is 11.2. The molecule has 0 aliphatic heterocycles. The molecule has 1 aromatic rings. The van der Waals surface area contributed by atoms with Crippen LogP contribution in [0.3, 0.4) is 0 Å². The van der Waals surface area contributed by atoms with Crippen LogP contribution in [-0.4, -0.2) is 18.7 Å². The van der Waals surface area contributed by atoms with Gasteiger partial charge in [-0.25, -0.2) is 0 Å². The van der Waals surface area contributed by atoms with Crippen molar-refractivity contribution < 1.29 is 9.15 Å². The van der Waals surface area contributed by atoms with E-state index in [0.29, 0.717) is 12.7 Å². The third-order valence-corrected chi connectivity index (χ3v) is 2.86. The molecule has 1 saturated carbocycles. The molecule has 1 aliphatic carbocycles. The van der Waals surface area contributed by atoms with E-state index in [1.165, 1.54) is 12.8 Å². The van der Waals surface area contributed by atoms with E-state index in [1.807, 2.05) is 12.1 Å². The van der Waals surface area contributed by atoms with Gasteiger partial charge in [0.1, 0.15) is 12.4 Å². The highest BCUT2D eigenvalue weighted by Gasteiger charge is 2.21. The van der Waals surface area contributed by atoms with Crippen molar-refractivity contribution in [2.24, 2.45) is 0 Å². The normalized spacial score (nSPS) is 17.6. The number of hydrogen-bond donors (Lipinski definition) is 1. The Hall–Kier alpha value is -0.800. The van der Waals surface area contributed by atoms with Crippen molar-refractivity contribution in [1.82, 2.24) is 5.32 Å². The maximum Gasteiger partial charge on any atom is 0.129 e. The summed E-state index contributed by atoms with van der Waals surface area (Å²) in [5, 5.41) is 3.52. The fourth-order valence-electron chi connectivity index (χ4n) is 1.75. The standard InChI is InChI=1S/C13H21NO2/c1-2-4-12(9-14-11-6-7-11)16-10-13-5-3-8-15-13/h3,5,8,11-12,14H,2,4,6-7,9-10H2,1H3. The molecule has 0 saturated heterocycles. The van der Waals surface area contributed by atoms with Crippen LogP contribution in [0.15, 0.2) is 22.8 Å². The average Bonchev–Trinajstić information content (AvgIpc) is 2.97. The lowest BCUT2D eigenvalue weighted by molar-refractivity contribution is 0.0255. The minimum Gasteiger partial charge on any atom is -0.467 e. The number of nitrogens with one attached hydrogen (secondary N) is 1. The summed E-state index contributed by atoms with van der Waals surface area (Å²) < 4.78 is 11.1. The summed E-state index contributed by atoms with van der Waals surface area (Å²) in [6.07, 6.45) is 6.94. The second kappa shape index (κ2) is 6.06. The van der Waals surface area contributed by atoms with Crippen molar-refractivity contribution in [1.29, 1.82) is 0 Å². The largest absolute Gasteiger partial charge is 0.467 e. The maximum absolute atomic E-state index is 5.85. The average molecular weight is 223 g/mol. The van der Waals surface area contributed by atoms with Crippen LogP contribution in [0.25, 0.3) is 0 Å². The lowest BCUT2D eigenvalue weighted by Gasteiger charge is -2.17. The van der Waals surface area contributed by atoms with Gasteiger partial charge in [0.15, 0.2) is 0 Å². The molecule has 1 aliphatic rings. The molecule has 0 radical (unpaired) electrons. The molecular formula is C13H21NO2. The van der Waals surface area contributed by atoms with Gasteiger partial charge in [-0.15, -0.1) is 0 Å². The van der Waals surface area contributed by atoms with Crippen LogP contribution in [0.1, 0.15) is 38.4 Å². The highest BCUT2D eigenvalue weighted by molar-refractivity contribution is 4.96. The first-order chi connectivity index (χ1) is 7.88. The van der Waals surface area contributed by atoms with E-state index < -0.39 is 0 Å². The quantitative estimate of drug-likeness (QED) is 0.736. The lowest BCUT2D eigenvalue weighted by Crippen LogP contribution is -2.30. The van der Waals surface area contributed by atoms with Crippen molar-refractivity contribution >= 4 is 0 Å². The Morgan fingerprint density at radius 2 is 2.44 bits per heavy atom. The Balaban J connectivity index is 1.68. The van der Waals surface area contributed by atoms with Crippen LogP contribution >= 0.6 is 0 Å². The van der Waals surface area contributed by atoms with Crippen molar-refractivity contribution in [3.63, 3.8) is 0 Å². The predicted molar refractivity (Wildman–Crippen MR) is 63.2 cm³/mol. The molecule has 0 spiro atoms. The van der Waals surface area contributed by atoms with Crippen molar-refractivity contribution in [3.05, 3.63) is 24.2 Å². The summed E-state index contributed by atoms with van der Waals surface area (Å²) in [6.45, 7) is 3.75. The van der Waals surface area contributed by atoms with E-state index in [9.17, 15) is 0 Å². The van der Waals surface area contributed by atoms with E-state index in [1.54, 1.807) is 6.26 Å². The van der Waals surface area contributed by atoms with Crippen LogP contribution in [0.2, 0.25) is 0 Å². The van der Waals surface area contributed by atoms with Gasteiger partial charge in [-0.1, -0.05) is 13.3 Å². The smallest absolute Gasteiger partial charge is 0.129 e. The molecule has 1 unspecified atom stereocenters. The Morgan fingerprint density at radius 3 is 3.06 bits per heavy atom. The molecule has 90 valence electrons. The highest BCUT2D eigenvalue weighted by Crippen LogP contribution is 2.19. The van der Waals surface area contributed by atoms with Crippen LogP contribution < -0.4 is 5.32 Å². The Morgan fingerprint density at radius 1 is 1.56 bits per heavy atom. The maximum atomic E-state index is 5.85. The van der Waals surface area contributed by atoms with Gasteiger partial charge in [-0.2, -0.15) is 0 Å². The van der Waals surface area contributed by atoms with Gasteiger partial charge in [0, 0.05) is 12.6 Å². The summed E-state index contributed by atoms with van der Waals surface area (Å²) in [4.78, 5) is 0. The van der Waals surface area contributed by atoms with Gasteiger partial charge >= 0.3 is 0 Å². The third-order valence-electron chi connectivity index (χ3n) is 2.86. The van der Waals surface area contributed by atoms with Crippen molar-refractivity contribution in [2.45, 2.75) is 51.4 Å². The van der Waals surface area contributed by atoms with Gasteiger partial charge < -0.3 is 14.5 Å². The first-order valence-electron chi connectivity index (χ1n) is 6.26. The monoisotopic (exact) mass is 223 g/mol. The zero-order valence-electron chi connectivity index (χ0n) is 9.95. The first kappa shape index (κ1) is 11.7. The second-order valence-electron chi connectivity index (χ2n) is 4.48. The Kier molecular flexibility index (Phi) is 4.43. The van der Waals surface area contributed by atoms with E-state index in [4.69, 9.17) is 9.15 Å². The van der Waals surface area contributed by atoms with Crippen LogP contribution in [0, 0.1) is 0 Å². The Labute approximate surface area is 97.2 Å². The van der Waals surface area contributed by atoms with Crippen LogP contribution in [-0.2, 0) is 11.3 Å². The van der Waals surface area contributed by atoms with Gasteiger partial charge in [0.25, 0.3) is 0 Å². The molecule has 0 bridgehead atoms. The molecule has 16 heavy (non-hydrogen) atoms. The van der Waals surface area contributed by atoms with E-state index >= 15 is 0 Å². The van der Waals surface area contributed by atoms with E-state index in [0.717, 1.165) is 31.2 Å². The zero-order valence-corrected chi connectivity index (χ0v) is 9.95. The second-order valence-corrected chi connectivity index (χ2v) is 4.48. The fourth-order valence-corrected chi connectivity index (χ4v) is 1.75. The van der Waals surface area contributed by atoms with Gasteiger partial charge in [0.2, 0.25) is 0 Å². The number of rotatable bonds is 8. The third kappa shape index (κ3) is 3.99. The van der Waals surface area contributed by atoms with Crippen LogP contribution in [0.5, 0.6) is 0 Å². The molecule has 1 N–H and O–H groups in total. The molecule has 3 heteroatoms. The van der Waals surface area contributed by atoms with Crippen molar-refractivity contribution in [2.75, 3.05) is 6.54 Å². The summed E-state index contributed by atoms with van der Waals surface area (Å²) in [7, 11) is 0. The molecule has 3 nitrogen and oxygen atoms in total. The lowest BCUT2D eigenvalue weighted by atomic mass is 10.2. The molecule has 1 fully saturated rings. The summed E-state index contributed by atoms with van der Waals surface area (Å²) in [6, 6.07) is 4.61. The summed E-state index contributed by atoms with van der Waals surface area (Å²) in [5.74, 6) is 0.910. The fraction of sp³-hybridized carbons (Fsp3) is 0.692. The number of furan rings is 1. The molecule has 0 aromatic carbocycles. The highest BCUT2D eigenvalue weighted by atomic mass is 16.5. The van der Waals surface area contributed by atoms with Crippen LogP contribution in [0.4, 0.5) is 0 Å². The molecule has 1 heterocycles. The molecule has 1 atom stereocenters. The van der Waals surface area contributed by atoms with Gasteiger partial charge in [0.05, 0.1) is 12.4 Å². The molecule has 2 rings (SSSR count). The number of hydrogen-bond acceptors (Lipinski definition) is 3. The molecular weight excluding hydrogens is 202 g/mol.